The van der Waals surface area contributed by atoms with Crippen LogP contribution in [0.25, 0.3) is 0 Å². The van der Waals surface area contributed by atoms with E-state index in [0.29, 0.717) is 5.92 Å². The lowest BCUT2D eigenvalue weighted by Crippen LogP contribution is -2.42. The molecule has 3 rings (SSSR count). The van der Waals surface area contributed by atoms with Crippen LogP contribution in [0.15, 0.2) is 0 Å². The van der Waals surface area contributed by atoms with Crippen LogP contribution in [0.1, 0.15) is 32.1 Å². The standard InChI is InChI=1S/C16H25N3O3.ClH/c1-17-8-11-6-7-18(9-11)14(20)10-19-15(21)12-4-2-3-5-13(12)16(19)22;/h11-13,17H,2-10H2,1H3;1H. The number of carbonyl (C=O) groups excluding carboxylic acids is 3. The van der Waals surface area contributed by atoms with E-state index in [2.05, 4.69) is 5.32 Å². The summed E-state index contributed by atoms with van der Waals surface area (Å²) >= 11 is 0. The molecule has 1 aliphatic carbocycles. The fraction of sp³-hybridized carbons (Fsp3) is 0.812. The Morgan fingerprint density at radius 1 is 1.13 bits per heavy atom. The molecule has 1 N–H and O–H groups in total. The molecule has 3 atom stereocenters. The van der Waals surface area contributed by atoms with Crippen LogP contribution in [-0.2, 0) is 14.4 Å². The van der Waals surface area contributed by atoms with Gasteiger partial charge >= 0.3 is 0 Å². The van der Waals surface area contributed by atoms with Gasteiger partial charge in [-0.15, -0.1) is 12.4 Å². The number of nitrogens with zero attached hydrogens (tertiary/aromatic N) is 2. The number of fused-ring (bicyclic) bond motifs is 1. The topological polar surface area (TPSA) is 69.7 Å². The largest absolute Gasteiger partial charge is 0.341 e. The molecule has 2 aliphatic heterocycles. The Kier molecular flexibility index (Phi) is 6.03. The van der Waals surface area contributed by atoms with Gasteiger partial charge in [-0.25, -0.2) is 0 Å². The highest BCUT2D eigenvalue weighted by Gasteiger charge is 2.48. The summed E-state index contributed by atoms with van der Waals surface area (Å²) in [5.74, 6) is -0.169. The van der Waals surface area contributed by atoms with Gasteiger partial charge in [-0.1, -0.05) is 12.8 Å². The Labute approximate surface area is 143 Å². The molecule has 3 fully saturated rings. The van der Waals surface area contributed by atoms with E-state index in [1.54, 1.807) is 4.90 Å². The van der Waals surface area contributed by atoms with Crippen LogP contribution in [0.3, 0.4) is 0 Å². The van der Waals surface area contributed by atoms with Gasteiger partial charge in [0.25, 0.3) is 0 Å². The molecule has 3 aliphatic rings. The van der Waals surface area contributed by atoms with Crippen LogP contribution in [0.4, 0.5) is 0 Å². The lowest BCUT2D eigenvalue weighted by molar-refractivity contribution is -0.146. The maximum Gasteiger partial charge on any atom is 0.242 e. The van der Waals surface area contributed by atoms with Gasteiger partial charge < -0.3 is 10.2 Å². The van der Waals surface area contributed by atoms with E-state index in [4.69, 9.17) is 0 Å². The van der Waals surface area contributed by atoms with Crippen molar-refractivity contribution in [2.45, 2.75) is 32.1 Å². The molecule has 0 bridgehead atoms. The Balaban J connectivity index is 0.00000192. The lowest BCUT2D eigenvalue weighted by Gasteiger charge is -2.20. The second-order valence-electron chi connectivity index (χ2n) is 6.81. The Bertz CT molecular complexity index is 461. The molecule has 6 nitrogen and oxygen atoms in total. The molecule has 130 valence electrons. The molecule has 0 aromatic rings. The molecule has 2 heterocycles. The zero-order valence-corrected chi connectivity index (χ0v) is 14.4. The first-order chi connectivity index (χ1) is 10.6. The van der Waals surface area contributed by atoms with E-state index in [1.165, 1.54) is 4.90 Å². The monoisotopic (exact) mass is 343 g/mol. The molecule has 7 heteroatoms. The fourth-order valence-corrected chi connectivity index (χ4v) is 4.14. The maximum atomic E-state index is 12.4. The second-order valence-corrected chi connectivity index (χ2v) is 6.81. The SMILES string of the molecule is CNCC1CCN(C(=O)CN2C(=O)C3CCCCC3C2=O)C1.Cl. The highest BCUT2D eigenvalue weighted by atomic mass is 35.5. The fourth-order valence-electron chi connectivity index (χ4n) is 4.14. The molecule has 0 spiro atoms. The summed E-state index contributed by atoms with van der Waals surface area (Å²) in [6.45, 7) is 2.30. The van der Waals surface area contributed by atoms with E-state index in [0.717, 1.165) is 51.7 Å². The normalized spacial score (nSPS) is 30.4. The van der Waals surface area contributed by atoms with Gasteiger partial charge in [-0.3, -0.25) is 19.3 Å². The molecular formula is C16H26ClN3O3. The summed E-state index contributed by atoms with van der Waals surface area (Å²) < 4.78 is 0. The Morgan fingerprint density at radius 2 is 1.74 bits per heavy atom. The van der Waals surface area contributed by atoms with Crippen molar-refractivity contribution in [3.05, 3.63) is 0 Å². The minimum absolute atomic E-state index is 0. The van der Waals surface area contributed by atoms with E-state index < -0.39 is 0 Å². The number of rotatable bonds is 4. The van der Waals surface area contributed by atoms with E-state index in [-0.39, 0.29) is 48.5 Å². The van der Waals surface area contributed by atoms with Crippen molar-refractivity contribution in [2.75, 3.05) is 33.2 Å². The number of nitrogens with one attached hydrogen (secondary N) is 1. The Morgan fingerprint density at radius 3 is 2.30 bits per heavy atom. The van der Waals surface area contributed by atoms with Crippen molar-refractivity contribution in [3.8, 4) is 0 Å². The summed E-state index contributed by atoms with van der Waals surface area (Å²) in [5, 5.41) is 3.13. The van der Waals surface area contributed by atoms with Crippen LogP contribution in [0, 0.1) is 17.8 Å². The second kappa shape index (κ2) is 7.62. The summed E-state index contributed by atoms with van der Waals surface area (Å²) in [6.07, 6.45) is 4.61. The number of carbonyl (C=O) groups is 3. The van der Waals surface area contributed by atoms with Crippen LogP contribution in [0.2, 0.25) is 0 Å². The van der Waals surface area contributed by atoms with E-state index >= 15 is 0 Å². The molecule has 23 heavy (non-hydrogen) atoms. The molecular weight excluding hydrogens is 318 g/mol. The number of likely N-dealkylation sites (tertiary alicyclic amines) is 2. The molecule has 3 amide bonds. The van der Waals surface area contributed by atoms with E-state index in [9.17, 15) is 14.4 Å². The third kappa shape index (κ3) is 3.53. The molecule has 0 aromatic carbocycles. The van der Waals surface area contributed by atoms with E-state index in [1.807, 2.05) is 7.05 Å². The first kappa shape index (κ1) is 18.2. The minimum atomic E-state index is -0.162. The number of hydrogen-bond acceptors (Lipinski definition) is 4. The third-order valence-corrected chi connectivity index (χ3v) is 5.36. The van der Waals surface area contributed by atoms with Gasteiger partial charge in [0.2, 0.25) is 17.7 Å². The summed E-state index contributed by atoms with van der Waals surface area (Å²) in [6, 6.07) is 0. The Hall–Kier alpha value is -1.14. The van der Waals surface area contributed by atoms with Crippen molar-refractivity contribution in [1.82, 2.24) is 15.1 Å². The molecule has 0 radical (unpaired) electrons. The lowest BCUT2D eigenvalue weighted by atomic mass is 9.81. The maximum absolute atomic E-state index is 12.4. The zero-order chi connectivity index (χ0) is 15.7. The average molecular weight is 344 g/mol. The molecule has 3 unspecified atom stereocenters. The third-order valence-electron chi connectivity index (χ3n) is 5.36. The minimum Gasteiger partial charge on any atom is -0.341 e. The van der Waals surface area contributed by atoms with Gasteiger partial charge in [0.1, 0.15) is 6.54 Å². The van der Waals surface area contributed by atoms with Crippen LogP contribution >= 0.6 is 12.4 Å². The highest BCUT2D eigenvalue weighted by Crippen LogP contribution is 2.37. The number of halogens is 1. The van der Waals surface area contributed by atoms with Gasteiger partial charge in [0.15, 0.2) is 0 Å². The van der Waals surface area contributed by atoms with Crippen LogP contribution in [0.5, 0.6) is 0 Å². The van der Waals surface area contributed by atoms with Crippen molar-refractivity contribution < 1.29 is 14.4 Å². The average Bonchev–Trinajstić information content (AvgIpc) is 3.08. The summed E-state index contributed by atoms with van der Waals surface area (Å²) in [5.41, 5.74) is 0. The first-order valence-corrected chi connectivity index (χ1v) is 8.39. The number of hydrogen-bond donors (Lipinski definition) is 1. The van der Waals surface area contributed by atoms with Gasteiger partial charge in [0, 0.05) is 13.1 Å². The van der Waals surface area contributed by atoms with Gasteiger partial charge in [0.05, 0.1) is 11.8 Å². The number of imide groups is 1. The molecule has 1 saturated carbocycles. The van der Waals surface area contributed by atoms with Crippen LogP contribution in [-0.4, -0.2) is 60.7 Å². The van der Waals surface area contributed by atoms with Crippen molar-refractivity contribution in [3.63, 3.8) is 0 Å². The smallest absolute Gasteiger partial charge is 0.242 e. The van der Waals surface area contributed by atoms with Crippen molar-refractivity contribution in [2.24, 2.45) is 17.8 Å². The molecule has 2 saturated heterocycles. The first-order valence-electron chi connectivity index (χ1n) is 8.39. The zero-order valence-electron chi connectivity index (χ0n) is 13.6. The summed E-state index contributed by atoms with van der Waals surface area (Å²) in [7, 11) is 1.91. The van der Waals surface area contributed by atoms with Crippen molar-refractivity contribution >= 4 is 30.1 Å². The predicted octanol–water partition coefficient (Wildman–Crippen LogP) is 0.651. The highest BCUT2D eigenvalue weighted by molar-refractivity contribution is 6.07. The van der Waals surface area contributed by atoms with Crippen molar-refractivity contribution in [1.29, 1.82) is 0 Å². The van der Waals surface area contributed by atoms with Gasteiger partial charge in [-0.2, -0.15) is 0 Å². The van der Waals surface area contributed by atoms with Crippen LogP contribution < -0.4 is 5.32 Å². The molecule has 0 aromatic heterocycles. The predicted molar refractivity (Wildman–Crippen MR) is 88.0 cm³/mol. The quantitative estimate of drug-likeness (QED) is 0.761. The van der Waals surface area contributed by atoms with Gasteiger partial charge in [-0.05, 0) is 38.8 Å². The number of amides is 3. The summed E-state index contributed by atoms with van der Waals surface area (Å²) in [4.78, 5) is 40.2.